The third-order valence-corrected chi connectivity index (χ3v) is 3.68. The topological polar surface area (TPSA) is 75.6 Å². The lowest BCUT2D eigenvalue weighted by Crippen LogP contribution is -2.42. The van der Waals surface area contributed by atoms with Crippen LogP contribution in [0.4, 0.5) is 0 Å². The lowest BCUT2D eigenvalue weighted by atomic mass is 10.3. The Bertz CT molecular complexity index is 603. The Morgan fingerprint density at radius 2 is 2.17 bits per heavy atom. The summed E-state index contributed by atoms with van der Waals surface area (Å²) in [6.45, 7) is 9.28. The molecule has 0 bridgehead atoms. The molecule has 0 aliphatic heterocycles. The van der Waals surface area contributed by atoms with Crippen LogP contribution < -0.4 is 10.6 Å². The van der Waals surface area contributed by atoms with E-state index in [-0.39, 0.29) is 24.0 Å². The lowest BCUT2D eigenvalue weighted by molar-refractivity contribution is 0.472. The molecule has 0 aromatic carbocycles. The van der Waals surface area contributed by atoms with Gasteiger partial charge in [-0.25, -0.2) is 9.98 Å². The molecule has 2 aromatic heterocycles. The molecular formula is C17H27IN4O2. The van der Waals surface area contributed by atoms with Crippen LogP contribution in [-0.4, -0.2) is 23.5 Å². The molecule has 0 spiro atoms. The van der Waals surface area contributed by atoms with Crippen molar-refractivity contribution >= 4 is 29.9 Å². The Kier molecular flexibility index (Phi) is 8.88. The van der Waals surface area contributed by atoms with Crippen molar-refractivity contribution in [3.63, 3.8) is 0 Å². The van der Waals surface area contributed by atoms with Gasteiger partial charge in [0.2, 0.25) is 5.89 Å². The quantitative estimate of drug-likeness (QED) is 0.387. The molecule has 0 aliphatic rings. The van der Waals surface area contributed by atoms with Gasteiger partial charge in [-0.3, -0.25) is 0 Å². The number of furan rings is 1. The zero-order chi connectivity index (χ0) is 16.7. The minimum atomic E-state index is 0. The lowest BCUT2D eigenvalue weighted by Gasteiger charge is -2.16. The summed E-state index contributed by atoms with van der Waals surface area (Å²) in [5.41, 5.74) is 0.914. The van der Waals surface area contributed by atoms with Crippen molar-refractivity contribution in [1.82, 2.24) is 15.6 Å². The maximum absolute atomic E-state index is 5.57. The first kappa shape index (κ1) is 20.5. The highest BCUT2D eigenvalue weighted by atomic mass is 127. The highest BCUT2D eigenvalue weighted by molar-refractivity contribution is 14.0. The molecule has 24 heavy (non-hydrogen) atoms. The van der Waals surface area contributed by atoms with Crippen LogP contribution in [0.15, 0.2) is 32.2 Å². The fourth-order valence-corrected chi connectivity index (χ4v) is 2.00. The second-order valence-corrected chi connectivity index (χ2v) is 5.62. The van der Waals surface area contributed by atoms with E-state index in [1.165, 1.54) is 0 Å². The van der Waals surface area contributed by atoms with E-state index in [4.69, 9.17) is 8.83 Å². The fourth-order valence-electron chi connectivity index (χ4n) is 2.00. The number of hydrogen-bond acceptors (Lipinski definition) is 4. The molecule has 6 nitrogen and oxygen atoms in total. The fraction of sp³-hybridized carbons (Fsp3) is 0.529. The predicted molar refractivity (Wildman–Crippen MR) is 106 cm³/mol. The number of nitrogens with one attached hydrogen (secondary N) is 2. The van der Waals surface area contributed by atoms with Crippen molar-refractivity contribution in [2.45, 2.75) is 53.1 Å². The molecule has 134 valence electrons. The van der Waals surface area contributed by atoms with Crippen LogP contribution in [0.25, 0.3) is 0 Å². The number of aliphatic imine (C=N–C) groups is 1. The van der Waals surface area contributed by atoms with Crippen molar-refractivity contribution in [3.8, 4) is 0 Å². The normalized spacial score (nSPS) is 12.6. The monoisotopic (exact) mass is 446 g/mol. The van der Waals surface area contributed by atoms with Gasteiger partial charge in [0, 0.05) is 19.0 Å². The Labute approximate surface area is 160 Å². The van der Waals surface area contributed by atoms with Gasteiger partial charge in [0.1, 0.15) is 18.1 Å². The van der Waals surface area contributed by atoms with Crippen LogP contribution in [0.3, 0.4) is 0 Å². The van der Waals surface area contributed by atoms with Gasteiger partial charge >= 0.3 is 0 Å². The van der Waals surface area contributed by atoms with E-state index >= 15 is 0 Å². The molecule has 0 amide bonds. The first-order valence-corrected chi connectivity index (χ1v) is 8.08. The summed E-state index contributed by atoms with van der Waals surface area (Å²) in [5, 5.41) is 6.70. The number of hydrogen-bond donors (Lipinski definition) is 2. The van der Waals surface area contributed by atoms with E-state index in [9.17, 15) is 0 Å². The van der Waals surface area contributed by atoms with E-state index in [0.717, 1.165) is 42.6 Å². The summed E-state index contributed by atoms with van der Waals surface area (Å²) in [5.74, 6) is 3.20. The summed E-state index contributed by atoms with van der Waals surface area (Å²) >= 11 is 0. The number of oxazole rings is 1. The van der Waals surface area contributed by atoms with Gasteiger partial charge in [-0.1, -0.05) is 6.92 Å². The van der Waals surface area contributed by atoms with Gasteiger partial charge in [-0.15, -0.1) is 24.0 Å². The van der Waals surface area contributed by atoms with Crippen molar-refractivity contribution in [3.05, 3.63) is 41.5 Å². The molecule has 7 heteroatoms. The van der Waals surface area contributed by atoms with Crippen molar-refractivity contribution < 1.29 is 8.83 Å². The van der Waals surface area contributed by atoms with Crippen LogP contribution in [0, 0.1) is 13.8 Å². The van der Waals surface area contributed by atoms with E-state index in [1.807, 2.05) is 26.0 Å². The molecule has 2 N–H and O–H groups in total. The molecule has 0 saturated carbocycles. The molecular weight excluding hydrogens is 419 g/mol. The van der Waals surface area contributed by atoms with Gasteiger partial charge in [-0.05, 0) is 39.3 Å². The van der Waals surface area contributed by atoms with Crippen molar-refractivity contribution in [2.75, 3.05) is 6.54 Å². The molecule has 0 fully saturated rings. The Hall–Kier alpha value is -1.51. The number of rotatable bonds is 7. The smallest absolute Gasteiger partial charge is 0.216 e. The summed E-state index contributed by atoms with van der Waals surface area (Å²) in [4.78, 5) is 8.92. The largest absolute Gasteiger partial charge is 0.469 e. The van der Waals surface area contributed by atoms with Crippen LogP contribution in [0.1, 0.15) is 43.4 Å². The van der Waals surface area contributed by atoms with Gasteiger partial charge in [0.05, 0.1) is 12.0 Å². The minimum absolute atomic E-state index is 0. The average Bonchev–Trinajstić information content (AvgIpc) is 3.15. The van der Waals surface area contributed by atoms with Gasteiger partial charge in [0.25, 0.3) is 0 Å². The zero-order valence-electron chi connectivity index (χ0n) is 14.8. The number of aromatic nitrogens is 1. The Morgan fingerprint density at radius 3 is 2.75 bits per heavy atom. The summed E-state index contributed by atoms with van der Waals surface area (Å²) in [6.07, 6.45) is 3.52. The molecule has 0 saturated heterocycles. The molecule has 1 atom stereocenters. The summed E-state index contributed by atoms with van der Waals surface area (Å²) < 4.78 is 10.9. The highest BCUT2D eigenvalue weighted by Gasteiger charge is 2.07. The molecule has 2 heterocycles. The molecule has 2 aromatic rings. The molecule has 2 rings (SSSR count). The van der Waals surface area contributed by atoms with Crippen LogP contribution in [-0.2, 0) is 13.0 Å². The van der Waals surface area contributed by atoms with E-state index in [1.54, 1.807) is 6.26 Å². The number of aryl methyl sites for hydroxylation is 2. The maximum Gasteiger partial charge on any atom is 0.216 e. The molecule has 0 radical (unpaired) electrons. The van der Waals surface area contributed by atoms with Crippen LogP contribution in [0.5, 0.6) is 0 Å². The number of nitrogens with zero attached hydrogens (tertiary/aromatic N) is 2. The summed E-state index contributed by atoms with van der Waals surface area (Å²) in [6, 6.07) is 4.21. The SMILES string of the molecule is CCC(C)NC(=NCc1nc(C)c(C)o1)NCCc1ccco1.I. The summed E-state index contributed by atoms with van der Waals surface area (Å²) in [7, 11) is 0. The molecule has 0 aliphatic carbocycles. The van der Waals surface area contributed by atoms with Gasteiger partial charge in [-0.2, -0.15) is 0 Å². The minimum Gasteiger partial charge on any atom is -0.469 e. The van der Waals surface area contributed by atoms with E-state index in [2.05, 4.69) is 34.5 Å². The zero-order valence-corrected chi connectivity index (χ0v) is 17.1. The Balaban J connectivity index is 0.00000288. The standard InChI is InChI=1S/C17H26N4O2.HI/c1-5-12(2)20-17(18-9-8-15-7-6-10-22-15)19-11-16-21-13(3)14(4)23-16;/h6-7,10,12H,5,8-9,11H2,1-4H3,(H2,18,19,20);1H. The van der Waals surface area contributed by atoms with Crippen LogP contribution >= 0.6 is 24.0 Å². The van der Waals surface area contributed by atoms with Gasteiger partial charge in [0.15, 0.2) is 5.96 Å². The maximum atomic E-state index is 5.57. The second-order valence-electron chi connectivity index (χ2n) is 5.62. The first-order chi connectivity index (χ1) is 11.1. The third kappa shape index (κ3) is 6.54. The third-order valence-electron chi connectivity index (χ3n) is 3.68. The number of halogens is 1. The van der Waals surface area contributed by atoms with Gasteiger partial charge < -0.3 is 19.5 Å². The van der Waals surface area contributed by atoms with Crippen molar-refractivity contribution in [1.29, 1.82) is 0 Å². The molecule has 1 unspecified atom stereocenters. The predicted octanol–water partition coefficient (Wildman–Crippen LogP) is 3.58. The van der Waals surface area contributed by atoms with Crippen molar-refractivity contribution in [2.24, 2.45) is 4.99 Å². The average molecular weight is 446 g/mol. The Morgan fingerprint density at radius 1 is 1.38 bits per heavy atom. The van der Waals surface area contributed by atoms with E-state index < -0.39 is 0 Å². The highest BCUT2D eigenvalue weighted by Crippen LogP contribution is 2.09. The first-order valence-electron chi connectivity index (χ1n) is 8.08. The van der Waals surface area contributed by atoms with Crippen LogP contribution in [0.2, 0.25) is 0 Å². The second kappa shape index (κ2) is 10.4. The number of guanidine groups is 1. The van der Waals surface area contributed by atoms with E-state index in [0.29, 0.717) is 18.5 Å².